The minimum Gasteiger partial charge on any atom is -0.478 e. The predicted molar refractivity (Wildman–Crippen MR) is 87.7 cm³/mol. The smallest absolute Gasteiger partial charge is 0.338 e. The number of amides is 1. The minimum atomic E-state index is -1.11. The summed E-state index contributed by atoms with van der Waals surface area (Å²) in [6, 6.07) is 9.42. The molecule has 1 aliphatic rings. The van der Waals surface area contributed by atoms with Gasteiger partial charge in [0.25, 0.3) is 5.91 Å². The van der Waals surface area contributed by atoms with E-state index < -0.39 is 5.97 Å². The molecular formula is C17H16BrNO4. The maximum absolute atomic E-state index is 12.4. The zero-order valence-corrected chi connectivity index (χ0v) is 14.2. The molecule has 3 rings (SSSR count). The number of benzene rings is 1. The van der Waals surface area contributed by atoms with Crippen molar-refractivity contribution in [3.63, 3.8) is 0 Å². The molecule has 1 aromatic heterocycles. The van der Waals surface area contributed by atoms with Crippen LogP contribution in [0.25, 0.3) is 0 Å². The fourth-order valence-electron chi connectivity index (χ4n) is 2.77. The molecule has 1 heterocycles. The van der Waals surface area contributed by atoms with Crippen molar-refractivity contribution in [3.8, 4) is 0 Å². The van der Waals surface area contributed by atoms with Crippen LogP contribution in [0.1, 0.15) is 39.3 Å². The fraction of sp³-hybridized carbons (Fsp3) is 0.294. The predicted octanol–water partition coefficient (Wildman–Crippen LogP) is 3.54. The molecule has 0 saturated heterocycles. The molecule has 1 fully saturated rings. The van der Waals surface area contributed by atoms with Crippen LogP contribution in [0.5, 0.6) is 0 Å². The van der Waals surface area contributed by atoms with Gasteiger partial charge in [-0.3, -0.25) is 4.79 Å². The first-order chi connectivity index (χ1) is 10.9. The Balaban J connectivity index is 1.73. The number of carbonyl (C=O) groups excluding carboxylic acids is 1. The lowest BCUT2D eigenvalue weighted by atomic mass is 9.95. The van der Waals surface area contributed by atoms with Crippen molar-refractivity contribution in [2.24, 2.45) is 0 Å². The number of nitrogens with zero attached hydrogens (tertiary/aromatic N) is 1. The number of carboxylic acids is 1. The summed E-state index contributed by atoms with van der Waals surface area (Å²) in [6.45, 7) is 0.580. The third-order valence-electron chi connectivity index (χ3n) is 4.25. The number of likely N-dealkylation sites (N-methyl/N-ethyl adjacent to an activating group) is 1. The molecule has 1 aliphatic carbocycles. The van der Waals surface area contributed by atoms with Gasteiger partial charge in [-0.2, -0.15) is 0 Å². The van der Waals surface area contributed by atoms with E-state index in [9.17, 15) is 9.59 Å². The van der Waals surface area contributed by atoms with Gasteiger partial charge in [0.2, 0.25) is 0 Å². The first-order valence-corrected chi connectivity index (χ1v) is 8.04. The van der Waals surface area contributed by atoms with Gasteiger partial charge in [0.1, 0.15) is 6.26 Å². The van der Waals surface area contributed by atoms with E-state index in [2.05, 4.69) is 28.1 Å². The number of carbonyl (C=O) groups is 2. The summed E-state index contributed by atoms with van der Waals surface area (Å²) in [6.07, 6.45) is 3.15. The van der Waals surface area contributed by atoms with Gasteiger partial charge in [-0.15, -0.1) is 0 Å². The summed E-state index contributed by atoms with van der Waals surface area (Å²) in [7, 11) is 1.71. The zero-order chi connectivity index (χ0) is 16.6. The van der Waals surface area contributed by atoms with Crippen LogP contribution >= 0.6 is 15.9 Å². The first kappa shape index (κ1) is 15.8. The Hall–Kier alpha value is -2.08. The Morgan fingerprint density at radius 2 is 1.96 bits per heavy atom. The average Bonchev–Trinajstić information content (AvgIpc) is 3.12. The van der Waals surface area contributed by atoms with Gasteiger partial charge >= 0.3 is 5.97 Å². The Morgan fingerprint density at radius 3 is 2.48 bits per heavy atom. The third-order valence-corrected chi connectivity index (χ3v) is 4.78. The molecule has 0 bridgehead atoms. The van der Waals surface area contributed by atoms with Gasteiger partial charge in [0.15, 0.2) is 5.76 Å². The molecule has 2 aromatic rings. The van der Waals surface area contributed by atoms with Crippen molar-refractivity contribution >= 4 is 27.8 Å². The van der Waals surface area contributed by atoms with Crippen LogP contribution in [-0.2, 0) is 5.41 Å². The molecule has 0 radical (unpaired) electrons. The Kier molecular flexibility index (Phi) is 4.02. The normalized spacial score (nSPS) is 15.2. The molecule has 5 nitrogen and oxygen atoms in total. The van der Waals surface area contributed by atoms with E-state index in [-0.39, 0.29) is 22.6 Å². The minimum absolute atomic E-state index is 0.00662. The van der Waals surface area contributed by atoms with E-state index in [4.69, 9.17) is 9.52 Å². The van der Waals surface area contributed by atoms with E-state index in [1.807, 2.05) is 12.1 Å². The summed E-state index contributed by atoms with van der Waals surface area (Å²) < 4.78 is 6.11. The van der Waals surface area contributed by atoms with Gasteiger partial charge in [-0.1, -0.05) is 28.1 Å². The molecule has 1 amide bonds. The van der Waals surface area contributed by atoms with Gasteiger partial charge < -0.3 is 14.4 Å². The SMILES string of the molecule is CN(CC1(c2ccc(Br)cc2)CC1)C(=O)c1cc(C(=O)O)co1. The van der Waals surface area contributed by atoms with Crippen LogP contribution in [0.2, 0.25) is 0 Å². The summed E-state index contributed by atoms with van der Waals surface area (Å²) in [5, 5.41) is 8.90. The number of aromatic carboxylic acids is 1. The molecule has 6 heteroatoms. The third kappa shape index (κ3) is 3.17. The van der Waals surface area contributed by atoms with Crippen LogP contribution in [0, 0.1) is 0 Å². The lowest BCUT2D eigenvalue weighted by molar-refractivity contribution is 0.0695. The number of rotatable bonds is 5. The molecule has 0 atom stereocenters. The molecule has 0 aliphatic heterocycles. The average molecular weight is 378 g/mol. The molecule has 120 valence electrons. The van der Waals surface area contributed by atoms with E-state index in [0.29, 0.717) is 6.54 Å². The van der Waals surface area contributed by atoms with E-state index in [0.717, 1.165) is 23.6 Å². The number of halogens is 1. The van der Waals surface area contributed by atoms with Crippen molar-refractivity contribution in [1.82, 2.24) is 4.90 Å². The van der Waals surface area contributed by atoms with Gasteiger partial charge in [0, 0.05) is 29.5 Å². The van der Waals surface area contributed by atoms with E-state index >= 15 is 0 Å². The Bertz CT molecular complexity index is 746. The van der Waals surface area contributed by atoms with Crippen LogP contribution in [0.15, 0.2) is 45.5 Å². The van der Waals surface area contributed by atoms with Crippen LogP contribution in [-0.4, -0.2) is 35.5 Å². The number of furan rings is 1. The second kappa shape index (κ2) is 5.85. The molecule has 0 spiro atoms. The molecule has 1 N–H and O–H groups in total. The highest BCUT2D eigenvalue weighted by Crippen LogP contribution is 2.48. The largest absolute Gasteiger partial charge is 0.478 e. The number of hydrogen-bond donors (Lipinski definition) is 1. The highest BCUT2D eigenvalue weighted by Gasteiger charge is 2.45. The molecule has 1 saturated carbocycles. The second-order valence-electron chi connectivity index (χ2n) is 5.95. The molecular weight excluding hydrogens is 362 g/mol. The summed E-state index contributed by atoms with van der Waals surface area (Å²) >= 11 is 3.43. The quantitative estimate of drug-likeness (QED) is 0.864. The fourth-order valence-corrected chi connectivity index (χ4v) is 3.03. The zero-order valence-electron chi connectivity index (χ0n) is 12.6. The lowest BCUT2D eigenvalue weighted by Crippen LogP contribution is -2.34. The van der Waals surface area contributed by atoms with Gasteiger partial charge in [-0.05, 0) is 30.5 Å². The summed E-state index contributed by atoms with van der Waals surface area (Å²) in [5.41, 5.74) is 1.19. The van der Waals surface area contributed by atoms with Crippen molar-refractivity contribution in [2.45, 2.75) is 18.3 Å². The van der Waals surface area contributed by atoms with E-state index in [1.165, 1.54) is 11.6 Å². The monoisotopic (exact) mass is 377 g/mol. The second-order valence-corrected chi connectivity index (χ2v) is 6.87. The maximum atomic E-state index is 12.4. The van der Waals surface area contributed by atoms with Crippen LogP contribution < -0.4 is 0 Å². The van der Waals surface area contributed by atoms with Crippen molar-refractivity contribution in [3.05, 3.63) is 58.0 Å². The van der Waals surface area contributed by atoms with Crippen molar-refractivity contribution in [2.75, 3.05) is 13.6 Å². The van der Waals surface area contributed by atoms with Gasteiger partial charge in [0.05, 0.1) is 5.56 Å². The Labute approximate surface area is 142 Å². The van der Waals surface area contributed by atoms with Crippen molar-refractivity contribution < 1.29 is 19.1 Å². The molecule has 0 unspecified atom stereocenters. The number of hydrogen-bond acceptors (Lipinski definition) is 3. The standard InChI is InChI=1S/C17H16BrNO4/c1-19(15(20)14-8-11(9-23-14)16(21)22)10-17(6-7-17)12-2-4-13(18)5-3-12/h2-5,8-9H,6-7,10H2,1H3,(H,21,22). The lowest BCUT2D eigenvalue weighted by Gasteiger charge is -2.23. The van der Waals surface area contributed by atoms with Crippen LogP contribution in [0.4, 0.5) is 0 Å². The summed E-state index contributed by atoms with van der Waals surface area (Å²) in [4.78, 5) is 24.9. The maximum Gasteiger partial charge on any atom is 0.338 e. The highest BCUT2D eigenvalue weighted by atomic mass is 79.9. The molecule has 23 heavy (non-hydrogen) atoms. The molecule has 1 aromatic carbocycles. The summed E-state index contributed by atoms with van der Waals surface area (Å²) in [5.74, 6) is -1.36. The number of carboxylic acid groups (broad SMARTS) is 1. The van der Waals surface area contributed by atoms with Crippen LogP contribution in [0.3, 0.4) is 0 Å². The Morgan fingerprint density at radius 1 is 1.30 bits per heavy atom. The van der Waals surface area contributed by atoms with E-state index in [1.54, 1.807) is 11.9 Å². The highest BCUT2D eigenvalue weighted by molar-refractivity contribution is 9.10. The van der Waals surface area contributed by atoms with Gasteiger partial charge in [-0.25, -0.2) is 4.79 Å². The first-order valence-electron chi connectivity index (χ1n) is 7.25. The topological polar surface area (TPSA) is 70.8 Å². The van der Waals surface area contributed by atoms with Crippen molar-refractivity contribution in [1.29, 1.82) is 0 Å².